The number of carbonyl (C=O) groups excluding carboxylic acids is 1. The van der Waals surface area contributed by atoms with Gasteiger partial charge in [0.15, 0.2) is 9.84 Å². The number of carbonyl (C=O) groups is 1. The van der Waals surface area contributed by atoms with Gasteiger partial charge in [-0.15, -0.1) is 0 Å². The van der Waals surface area contributed by atoms with Crippen LogP contribution in [-0.4, -0.2) is 45.1 Å². The van der Waals surface area contributed by atoms with Gasteiger partial charge in [0, 0.05) is 6.04 Å². The molecule has 1 aliphatic rings. The molecule has 1 N–H and O–H groups in total. The molecule has 0 spiro atoms. The van der Waals surface area contributed by atoms with Gasteiger partial charge in [0.05, 0.1) is 11.9 Å². The smallest absolute Gasteiger partial charge is 0.321 e. The molecule has 0 heterocycles. The number of rotatable bonds is 5. The van der Waals surface area contributed by atoms with Crippen molar-refractivity contribution in [3.63, 3.8) is 0 Å². The molecule has 1 saturated carbocycles. The second-order valence-corrected chi connectivity index (χ2v) is 8.02. The van der Waals surface area contributed by atoms with Gasteiger partial charge in [0.2, 0.25) is 0 Å². The minimum atomic E-state index is -3.47. The number of nitrogens with one attached hydrogen (secondary N) is 1. The summed E-state index contributed by atoms with van der Waals surface area (Å²) in [6.07, 6.45) is 2.47. The predicted octanol–water partition coefficient (Wildman–Crippen LogP) is 1.13. The Kier molecular flexibility index (Phi) is 5.38. The van der Waals surface area contributed by atoms with Crippen LogP contribution in [0.25, 0.3) is 0 Å². The summed E-state index contributed by atoms with van der Waals surface area (Å²) in [5.74, 6) is -1.17. The fraction of sp³-hybridized carbons (Fsp3) is 0.923. The zero-order valence-corrected chi connectivity index (χ0v) is 13.0. The van der Waals surface area contributed by atoms with Crippen molar-refractivity contribution in [3.05, 3.63) is 0 Å². The highest BCUT2D eigenvalue weighted by Gasteiger charge is 2.44. The highest BCUT2D eigenvalue weighted by Crippen LogP contribution is 2.38. The lowest BCUT2D eigenvalue weighted by Gasteiger charge is -2.43. The van der Waals surface area contributed by atoms with Crippen LogP contribution in [0.4, 0.5) is 0 Å². The molecule has 6 heteroatoms. The normalized spacial score (nSPS) is 26.9. The Morgan fingerprint density at radius 3 is 2.58 bits per heavy atom. The Hall–Kier alpha value is -0.620. The van der Waals surface area contributed by atoms with Gasteiger partial charge in [0.25, 0.3) is 0 Å². The zero-order chi connectivity index (χ0) is 14.7. The first-order valence-electron chi connectivity index (χ1n) is 6.79. The van der Waals surface area contributed by atoms with E-state index in [-0.39, 0.29) is 18.1 Å². The summed E-state index contributed by atoms with van der Waals surface area (Å²) in [4.78, 5) is 11.4. The standard InChI is InChI=1S/C13H25NO4S/c1-5-18-11(15)9-19(16,17)10-7-6-8-13(2,3)12(10)14-4/h10,12,14H,5-9H2,1-4H3. The third-order valence-electron chi connectivity index (χ3n) is 3.92. The van der Waals surface area contributed by atoms with Gasteiger partial charge in [-0.25, -0.2) is 8.42 Å². The van der Waals surface area contributed by atoms with Gasteiger partial charge >= 0.3 is 5.97 Å². The molecule has 2 atom stereocenters. The van der Waals surface area contributed by atoms with Crippen LogP contribution in [0.1, 0.15) is 40.0 Å². The molecule has 1 fully saturated rings. The van der Waals surface area contributed by atoms with E-state index in [1.54, 1.807) is 14.0 Å². The van der Waals surface area contributed by atoms with E-state index in [1.807, 2.05) is 0 Å². The Labute approximate surface area is 116 Å². The fourth-order valence-electron chi connectivity index (χ4n) is 3.02. The van der Waals surface area contributed by atoms with Crippen molar-refractivity contribution >= 4 is 15.8 Å². The van der Waals surface area contributed by atoms with Gasteiger partial charge in [-0.05, 0) is 32.2 Å². The highest BCUT2D eigenvalue weighted by atomic mass is 32.2. The summed E-state index contributed by atoms with van der Waals surface area (Å²) < 4.78 is 29.5. The van der Waals surface area contributed by atoms with E-state index in [9.17, 15) is 13.2 Å². The highest BCUT2D eigenvalue weighted by molar-refractivity contribution is 7.92. The lowest BCUT2D eigenvalue weighted by atomic mass is 9.73. The van der Waals surface area contributed by atoms with Gasteiger partial charge < -0.3 is 10.1 Å². The molecule has 1 rings (SSSR count). The molecule has 0 aromatic rings. The van der Waals surface area contributed by atoms with Crippen molar-refractivity contribution in [1.29, 1.82) is 0 Å². The number of esters is 1. The van der Waals surface area contributed by atoms with Crippen LogP contribution in [-0.2, 0) is 19.4 Å². The van der Waals surface area contributed by atoms with Crippen LogP contribution in [0, 0.1) is 5.41 Å². The lowest BCUT2D eigenvalue weighted by Crippen LogP contribution is -2.55. The molecule has 19 heavy (non-hydrogen) atoms. The van der Waals surface area contributed by atoms with E-state index < -0.39 is 26.8 Å². The van der Waals surface area contributed by atoms with Gasteiger partial charge in [0.1, 0.15) is 5.75 Å². The van der Waals surface area contributed by atoms with E-state index in [0.717, 1.165) is 12.8 Å². The molecule has 0 saturated heterocycles. The van der Waals surface area contributed by atoms with Crippen molar-refractivity contribution in [2.75, 3.05) is 19.4 Å². The Morgan fingerprint density at radius 1 is 1.42 bits per heavy atom. The van der Waals surface area contributed by atoms with E-state index in [0.29, 0.717) is 6.42 Å². The molecule has 0 radical (unpaired) electrons. The van der Waals surface area contributed by atoms with E-state index in [1.165, 1.54) is 0 Å². The average molecular weight is 291 g/mol. The molecule has 112 valence electrons. The van der Waals surface area contributed by atoms with Crippen LogP contribution >= 0.6 is 0 Å². The third-order valence-corrected chi connectivity index (χ3v) is 5.99. The van der Waals surface area contributed by atoms with Crippen molar-refractivity contribution < 1.29 is 17.9 Å². The minimum Gasteiger partial charge on any atom is -0.465 e. The molecule has 0 bridgehead atoms. The SMILES string of the molecule is CCOC(=O)CS(=O)(=O)C1CCCC(C)(C)C1NC. The largest absolute Gasteiger partial charge is 0.465 e. The molecule has 0 aliphatic heterocycles. The first kappa shape index (κ1) is 16.4. The first-order chi connectivity index (χ1) is 8.74. The Morgan fingerprint density at radius 2 is 2.05 bits per heavy atom. The topological polar surface area (TPSA) is 72.5 Å². The van der Waals surface area contributed by atoms with Crippen molar-refractivity contribution in [3.8, 4) is 0 Å². The van der Waals surface area contributed by atoms with Crippen LogP contribution in [0.3, 0.4) is 0 Å². The molecule has 0 amide bonds. The molecular weight excluding hydrogens is 266 g/mol. The first-order valence-corrected chi connectivity index (χ1v) is 8.50. The maximum Gasteiger partial charge on any atom is 0.321 e. The van der Waals surface area contributed by atoms with Crippen molar-refractivity contribution in [2.45, 2.75) is 51.3 Å². The van der Waals surface area contributed by atoms with Crippen LogP contribution in [0.2, 0.25) is 0 Å². The van der Waals surface area contributed by atoms with Gasteiger partial charge in [-0.2, -0.15) is 0 Å². The molecule has 2 unspecified atom stereocenters. The minimum absolute atomic E-state index is 0.0839. The number of sulfone groups is 1. The predicted molar refractivity (Wildman–Crippen MR) is 74.7 cm³/mol. The summed E-state index contributed by atoms with van der Waals surface area (Å²) in [5, 5.41) is 2.62. The molecular formula is C13H25NO4S. The Bertz CT molecular complexity index is 416. The lowest BCUT2D eigenvalue weighted by molar-refractivity contribution is -0.139. The second-order valence-electron chi connectivity index (χ2n) is 5.80. The maximum atomic E-state index is 12.4. The average Bonchev–Trinajstić information content (AvgIpc) is 2.26. The van der Waals surface area contributed by atoms with Crippen LogP contribution in [0.15, 0.2) is 0 Å². The summed E-state index contributed by atoms with van der Waals surface area (Å²) in [7, 11) is -1.69. The van der Waals surface area contributed by atoms with E-state index in [4.69, 9.17) is 4.74 Å². The molecule has 0 aromatic carbocycles. The van der Waals surface area contributed by atoms with Crippen LogP contribution < -0.4 is 5.32 Å². The van der Waals surface area contributed by atoms with Gasteiger partial charge in [-0.3, -0.25) is 4.79 Å². The Balaban J connectivity index is 2.89. The molecule has 0 aromatic heterocycles. The van der Waals surface area contributed by atoms with E-state index in [2.05, 4.69) is 19.2 Å². The van der Waals surface area contributed by atoms with Crippen molar-refractivity contribution in [1.82, 2.24) is 5.32 Å². The summed E-state index contributed by atoms with van der Waals surface area (Å²) in [6, 6.07) is -0.124. The number of ether oxygens (including phenoxy) is 1. The van der Waals surface area contributed by atoms with Crippen LogP contribution in [0.5, 0.6) is 0 Å². The fourth-order valence-corrected chi connectivity index (χ4v) is 5.09. The van der Waals surface area contributed by atoms with E-state index >= 15 is 0 Å². The molecule has 1 aliphatic carbocycles. The van der Waals surface area contributed by atoms with Crippen molar-refractivity contribution in [2.24, 2.45) is 5.41 Å². The quantitative estimate of drug-likeness (QED) is 0.769. The van der Waals surface area contributed by atoms with Gasteiger partial charge in [-0.1, -0.05) is 20.3 Å². The number of hydrogen-bond acceptors (Lipinski definition) is 5. The summed E-state index contributed by atoms with van der Waals surface area (Å²) >= 11 is 0. The number of hydrogen-bond donors (Lipinski definition) is 1. The monoisotopic (exact) mass is 291 g/mol. The summed E-state index contributed by atoms with van der Waals surface area (Å²) in [6.45, 7) is 6.02. The molecule has 5 nitrogen and oxygen atoms in total. The third kappa shape index (κ3) is 3.92. The maximum absolute atomic E-state index is 12.4. The zero-order valence-electron chi connectivity index (χ0n) is 12.2. The second kappa shape index (κ2) is 6.22. The summed E-state index contributed by atoms with van der Waals surface area (Å²) in [5.41, 5.74) is -0.0839.